The van der Waals surface area contributed by atoms with Crippen LogP contribution in [0.25, 0.3) is 10.9 Å². The second-order valence-corrected chi connectivity index (χ2v) is 6.69. The van der Waals surface area contributed by atoms with Crippen LogP contribution in [-0.4, -0.2) is 26.6 Å². The van der Waals surface area contributed by atoms with Crippen molar-refractivity contribution >= 4 is 33.9 Å². The monoisotopic (exact) mass is 410 g/mol. The highest BCUT2D eigenvalue weighted by molar-refractivity contribution is 6.15. The van der Waals surface area contributed by atoms with E-state index in [1.165, 1.54) is 35.3 Å². The molecule has 0 saturated heterocycles. The standard InChI is InChI=1S/C20H16F2N6O2/c1-9-13(8-30-27-9)19(24)11-5-10(3-4-15(11)23)26-20(29)17-14(21)6-16-12(18(17)22)7-25-28(16)2/h3-8,24H,23H2,1-2H3,(H,26,29). The molecule has 0 fully saturated rings. The van der Waals surface area contributed by atoms with E-state index in [4.69, 9.17) is 15.7 Å². The number of amides is 1. The first kappa shape index (κ1) is 19.2. The first-order valence-electron chi connectivity index (χ1n) is 8.78. The number of anilines is 2. The number of halogens is 2. The Balaban J connectivity index is 1.69. The molecule has 0 aliphatic carbocycles. The summed E-state index contributed by atoms with van der Waals surface area (Å²) in [6.45, 7) is 1.68. The zero-order valence-corrected chi connectivity index (χ0v) is 16.0. The van der Waals surface area contributed by atoms with Crippen molar-refractivity contribution in [2.45, 2.75) is 6.92 Å². The van der Waals surface area contributed by atoms with Crippen LogP contribution in [0.4, 0.5) is 20.2 Å². The maximum atomic E-state index is 14.8. The molecular formula is C20H16F2N6O2. The van der Waals surface area contributed by atoms with Crippen LogP contribution in [0, 0.1) is 24.0 Å². The fraction of sp³-hybridized carbons (Fsp3) is 0.100. The summed E-state index contributed by atoms with van der Waals surface area (Å²) in [4.78, 5) is 12.6. The molecule has 0 aliphatic rings. The smallest absolute Gasteiger partial charge is 0.261 e. The van der Waals surface area contributed by atoms with Gasteiger partial charge in [0.25, 0.3) is 5.91 Å². The normalized spacial score (nSPS) is 11.1. The van der Waals surface area contributed by atoms with E-state index in [2.05, 4.69) is 15.6 Å². The number of nitrogens with one attached hydrogen (secondary N) is 2. The van der Waals surface area contributed by atoms with Crippen molar-refractivity contribution in [3.05, 3.63) is 70.7 Å². The summed E-state index contributed by atoms with van der Waals surface area (Å²) in [5.74, 6) is -2.98. The van der Waals surface area contributed by atoms with Crippen molar-refractivity contribution in [1.29, 1.82) is 5.41 Å². The molecular weight excluding hydrogens is 394 g/mol. The third-order valence-corrected chi connectivity index (χ3v) is 4.77. The lowest BCUT2D eigenvalue weighted by atomic mass is 10.0. The van der Waals surface area contributed by atoms with Gasteiger partial charge in [-0.15, -0.1) is 0 Å². The fourth-order valence-electron chi connectivity index (χ4n) is 3.15. The zero-order chi connectivity index (χ0) is 21.6. The van der Waals surface area contributed by atoms with Gasteiger partial charge >= 0.3 is 0 Å². The van der Waals surface area contributed by atoms with Crippen LogP contribution in [0.5, 0.6) is 0 Å². The van der Waals surface area contributed by atoms with E-state index in [9.17, 15) is 13.6 Å². The Morgan fingerprint density at radius 2 is 2.03 bits per heavy atom. The number of aryl methyl sites for hydroxylation is 2. The highest BCUT2D eigenvalue weighted by Gasteiger charge is 2.23. The molecule has 10 heteroatoms. The van der Waals surface area contributed by atoms with E-state index in [0.29, 0.717) is 16.8 Å². The summed E-state index contributed by atoms with van der Waals surface area (Å²) in [5.41, 5.74) is 7.26. The van der Waals surface area contributed by atoms with E-state index >= 15 is 0 Å². The summed E-state index contributed by atoms with van der Waals surface area (Å²) in [6, 6.07) is 5.46. The molecule has 4 aromatic rings. The number of carbonyl (C=O) groups excluding carboxylic acids is 1. The average molecular weight is 410 g/mol. The van der Waals surface area contributed by atoms with Crippen molar-refractivity contribution < 1.29 is 18.1 Å². The number of nitrogens with zero attached hydrogens (tertiary/aromatic N) is 3. The predicted octanol–water partition coefficient (Wildman–Crippen LogP) is 3.40. The Morgan fingerprint density at radius 3 is 2.73 bits per heavy atom. The minimum Gasteiger partial charge on any atom is -0.398 e. The second-order valence-electron chi connectivity index (χ2n) is 6.69. The van der Waals surface area contributed by atoms with Gasteiger partial charge in [-0.25, -0.2) is 8.78 Å². The van der Waals surface area contributed by atoms with Gasteiger partial charge in [-0.05, 0) is 25.1 Å². The van der Waals surface area contributed by atoms with Crippen molar-refractivity contribution in [2.24, 2.45) is 7.05 Å². The third kappa shape index (κ3) is 3.08. The van der Waals surface area contributed by atoms with Gasteiger partial charge < -0.3 is 15.6 Å². The molecule has 8 nitrogen and oxygen atoms in total. The van der Waals surface area contributed by atoms with Gasteiger partial charge in [0.2, 0.25) is 0 Å². The van der Waals surface area contributed by atoms with Crippen LogP contribution in [0.1, 0.15) is 27.2 Å². The summed E-state index contributed by atoms with van der Waals surface area (Å²) < 4.78 is 35.4. The lowest BCUT2D eigenvalue weighted by Gasteiger charge is -2.12. The minimum absolute atomic E-state index is 0.0340. The summed E-state index contributed by atoms with van der Waals surface area (Å²) in [6.07, 6.45) is 2.54. The Morgan fingerprint density at radius 1 is 1.27 bits per heavy atom. The Bertz CT molecular complexity index is 1320. The average Bonchev–Trinajstić information content (AvgIpc) is 3.29. The van der Waals surface area contributed by atoms with Gasteiger partial charge in [0.05, 0.1) is 34.1 Å². The number of rotatable bonds is 4. The molecule has 4 N–H and O–H groups in total. The lowest BCUT2D eigenvalue weighted by Crippen LogP contribution is -2.17. The van der Waals surface area contributed by atoms with Gasteiger partial charge in [-0.1, -0.05) is 5.16 Å². The molecule has 152 valence electrons. The van der Waals surface area contributed by atoms with Gasteiger partial charge in [0.1, 0.15) is 23.5 Å². The number of aromatic nitrogens is 3. The molecule has 0 saturated carbocycles. The number of nitrogen functional groups attached to an aromatic ring is 1. The maximum absolute atomic E-state index is 14.8. The second kappa shape index (κ2) is 7.07. The number of hydrogen-bond donors (Lipinski definition) is 3. The number of carbonyl (C=O) groups is 1. The first-order valence-corrected chi connectivity index (χ1v) is 8.78. The molecule has 0 radical (unpaired) electrons. The summed E-state index contributed by atoms with van der Waals surface area (Å²) in [7, 11) is 1.54. The van der Waals surface area contributed by atoms with Crippen LogP contribution < -0.4 is 11.1 Å². The molecule has 2 aromatic carbocycles. The summed E-state index contributed by atoms with van der Waals surface area (Å²) >= 11 is 0. The van der Waals surface area contributed by atoms with Crippen LogP contribution in [0.3, 0.4) is 0 Å². The highest BCUT2D eigenvalue weighted by atomic mass is 19.1. The number of hydrogen-bond acceptors (Lipinski definition) is 6. The number of fused-ring (bicyclic) bond motifs is 1. The molecule has 0 spiro atoms. The topological polar surface area (TPSA) is 123 Å². The van der Waals surface area contributed by atoms with E-state index in [1.54, 1.807) is 14.0 Å². The van der Waals surface area contributed by atoms with Gasteiger partial charge in [-0.3, -0.25) is 14.9 Å². The van der Waals surface area contributed by atoms with Crippen molar-refractivity contribution in [3.63, 3.8) is 0 Å². The molecule has 0 unspecified atom stereocenters. The number of nitrogens with two attached hydrogens (primary N) is 1. The third-order valence-electron chi connectivity index (χ3n) is 4.77. The number of benzene rings is 2. The molecule has 1 amide bonds. The van der Waals surface area contributed by atoms with E-state index < -0.39 is 23.1 Å². The van der Waals surface area contributed by atoms with E-state index in [1.807, 2.05) is 0 Å². The lowest BCUT2D eigenvalue weighted by molar-refractivity contribution is 0.101. The van der Waals surface area contributed by atoms with Crippen LogP contribution in [-0.2, 0) is 7.05 Å². The predicted molar refractivity (Wildman–Crippen MR) is 107 cm³/mol. The van der Waals surface area contributed by atoms with Gasteiger partial charge in [0.15, 0.2) is 0 Å². The quantitative estimate of drug-likeness (QED) is 0.351. The van der Waals surface area contributed by atoms with Crippen LogP contribution in [0.2, 0.25) is 0 Å². The summed E-state index contributed by atoms with van der Waals surface area (Å²) in [5, 5.41) is 18.5. The zero-order valence-electron chi connectivity index (χ0n) is 16.0. The molecule has 30 heavy (non-hydrogen) atoms. The largest absolute Gasteiger partial charge is 0.398 e. The molecule has 0 aliphatic heterocycles. The minimum atomic E-state index is -1.01. The Hall–Kier alpha value is -4.08. The van der Waals surface area contributed by atoms with E-state index in [0.717, 1.165) is 6.07 Å². The molecule has 4 rings (SSSR count). The first-order chi connectivity index (χ1) is 14.3. The van der Waals surface area contributed by atoms with Gasteiger partial charge in [-0.2, -0.15) is 5.10 Å². The molecule has 2 aromatic heterocycles. The van der Waals surface area contributed by atoms with Crippen molar-refractivity contribution in [1.82, 2.24) is 14.9 Å². The van der Waals surface area contributed by atoms with Crippen molar-refractivity contribution in [2.75, 3.05) is 11.1 Å². The van der Waals surface area contributed by atoms with Crippen LogP contribution in [0.15, 0.2) is 41.2 Å². The Kier molecular flexibility index (Phi) is 4.53. The van der Waals surface area contributed by atoms with Crippen LogP contribution >= 0.6 is 0 Å². The maximum Gasteiger partial charge on any atom is 0.261 e. The van der Waals surface area contributed by atoms with Gasteiger partial charge in [0, 0.05) is 30.1 Å². The molecule has 0 bridgehead atoms. The van der Waals surface area contributed by atoms with E-state index in [-0.39, 0.29) is 28.0 Å². The molecule has 0 atom stereocenters. The highest BCUT2D eigenvalue weighted by Crippen LogP contribution is 2.26. The fourth-order valence-corrected chi connectivity index (χ4v) is 3.15. The SMILES string of the molecule is Cc1nocc1C(=N)c1cc(NC(=O)c2c(F)cc3c(cnn3C)c2F)ccc1N. The molecule has 2 heterocycles. The Labute approximate surface area is 168 Å². The van der Waals surface area contributed by atoms with Crippen molar-refractivity contribution in [3.8, 4) is 0 Å².